The number of unbranched alkanes of at least 4 members (excludes halogenated alkanes) is 1. The van der Waals surface area contributed by atoms with E-state index >= 15 is 0 Å². The molecule has 5 heteroatoms. The van der Waals surface area contributed by atoms with Crippen LogP contribution in [0.4, 0.5) is 0 Å². The van der Waals surface area contributed by atoms with Crippen molar-refractivity contribution < 1.29 is 38.3 Å². The molecule has 0 aromatic carbocycles. The summed E-state index contributed by atoms with van der Waals surface area (Å²) in [6.45, 7) is 0. The Morgan fingerprint density at radius 3 is 2.33 bits per heavy atom. The van der Waals surface area contributed by atoms with Gasteiger partial charge in [0.25, 0.3) is 0 Å². The molecule has 0 rings (SSSR count). The summed E-state index contributed by atoms with van der Waals surface area (Å²) >= 11 is 3.41. The zero-order chi connectivity index (χ0) is 6.41. The topological polar surface area (TPSA) is 40.1 Å². The van der Waals surface area contributed by atoms with E-state index in [0.717, 1.165) is 6.42 Å². The maximum Gasteiger partial charge on any atom is 1.00 e. The summed E-state index contributed by atoms with van der Waals surface area (Å²) in [4.78, 5) is 0. The first-order valence-electron chi connectivity index (χ1n) is 2.39. The average molecular weight is 179 g/mol. The van der Waals surface area contributed by atoms with Gasteiger partial charge in [-0.3, -0.25) is 4.21 Å². The summed E-state index contributed by atoms with van der Waals surface area (Å²) < 4.78 is 19.7. The SMILES string of the molecule is O=S([O-])CCCCCl.[Na+]. The minimum atomic E-state index is -1.88. The van der Waals surface area contributed by atoms with E-state index < -0.39 is 11.1 Å². The van der Waals surface area contributed by atoms with Crippen molar-refractivity contribution in [2.24, 2.45) is 0 Å². The normalized spacial score (nSPS) is 12.2. The van der Waals surface area contributed by atoms with E-state index in [0.29, 0.717) is 12.3 Å². The Labute approximate surface area is 84.9 Å². The van der Waals surface area contributed by atoms with Crippen LogP contribution in [0.3, 0.4) is 0 Å². The first kappa shape index (κ1) is 13.0. The fourth-order valence-electron chi connectivity index (χ4n) is 0.314. The molecular formula is C4H8ClNaO2S. The molecule has 0 aliphatic heterocycles. The molecule has 0 saturated heterocycles. The van der Waals surface area contributed by atoms with Crippen molar-refractivity contribution >= 4 is 22.7 Å². The quantitative estimate of drug-likeness (QED) is 0.214. The number of halogens is 1. The second kappa shape index (κ2) is 9.40. The van der Waals surface area contributed by atoms with Gasteiger partial charge in [0, 0.05) is 11.6 Å². The molecule has 1 atom stereocenters. The van der Waals surface area contributed by atoms with Crippen LogP contribution in [0.25, 0.3) is 0 Å². The van der Waals surface area contributed by atoms with E-state index in [1.165, 1.54) is 0 Å². The fourth-order valence-corrected chi connectivity index (χ4v) is 0.943. The van der Waals surface area contributed by atoms with Gasteiger partial charge in [-0.05, 0) is 12.8 Å². The third-order valence-corrected chi connectivity index (χ3v) is 1.58. The minimum Gasteiger partial charge on any atom is -0.772 e. The van der Waals surface area contributed by atoms with E-state index in [1.54, 1.807) is 0 Å². The Morgan fingerprint density at radius 1 is 1.44 bits per heavy atom. The van der Waals surface area contributed by atoms with E-state index in [4.69, 9.17) is 11.6 Å². The Balaban J connectivity index is 0. The Morgan fingerprint density at radius 2 is 2.00 bits per heavy atom. The largest absolute Gasteiger partial charge is 1.00 e. The Hall–Kier alpha value is 1.40. The van der Waals surface area contributed by atoms with Crippen LogP contribution in [0.1, 0.15) is 12.8 Å². The molecule has 0 aliphatic carbocycles. The molecule has 0 amide bonds. The third kappa shape index (κ3) is 12.6. The molecule has 0 saturated carbocycles. The molecule has 0 bridgehead atoms. The number of hydrogen-bond donors (Lipinski definition) is 0. The predicted molar refractivity (Wildman–Crippen MR) is 33.7 cm³/mol. The van der Waals surface area contributed by atoms with Gasteiger partial charge in [0.1, 0.15) is 0 Å². The van der Waals surface area contributed by atoms with Crippen LogP contribution in [0.5, 0.6) is 0 Å². The molecule has 0 aromatic heterocycles. The summed E-state index contributed by atoms with van der Waals surface area (Å²) in [5.74, 6) is 0.796. The van der Waals surface area contributed by atoms with Crippen molar-refractivity contribution in [3.63, 3.8) is 0 Å². The molecule has 2 nitrogen and oxygen atoms in total. The van der Waals surface area contributed by atoms with Gasteiger partial charge in [0.15, 0.2) is 0 Å². The number of alkyl halides is 1. The van der Waals surface area contributed by atoms with Crippen LogP contribution < -0.4 is 29.6 Å². The summed E-state index contributed by atoms with van der Waals surface area (Å²) in [5, 5.41) is 0. The second-order valence-corrected chi connectivity index (χ2v) is 2.80. The molecule has 0 radical (unpaired) electrons. The number of rotatable bonds is 4. The van der Waals surface area contributed by atoms with Gasteiger partial charge in [0.2, 0.25) is 0 Å². The van der Waals surface area contributed by atoms with Gasteiger partial charge in [-0.2, -0.15) is 0 Å². The van der Waals surface area contributed by atoms with Crippen molar-refractivity contribution in [1.29, 1.82) is 0 Å². The number of hydrogen-bond acceptors (Lipinski definition) is 2. The van der Waals surface area contributed by atoms with Crippen molar-refractivity contribution in [2.45, 2.75) is 12.8 Å². The molecule has 0 N–H and O–H groups in total. The first-order chi connectivity index (χ1) is 3.77. The van der Waals surface area contributed by atoms with Gasteiger partial charge in [-0.15, -0.1) is 11.6 Å². The van der Waals surface area contributed by atoms with E-state index in [-0.39, 0.29) is 35.3 Å². The summed E-state index contributed by atoms with van der Waals surface area (Å²) in [6, 6.07) is 0. The molecule has 50 valence electrons. The molecule has 0 aliphatic rings. The van der Waals surface area contributed by atoms with Crippen molar-refractivity contribution in [3.05, 3.63) is 0 Å². The maximum atomic E-state index is 9.83. The predicted octanol–water partition coefficient (Wildman–Crippen LogP) is -2.11. The molecule has 1 unspecified atom stereocenters. The monoisotopic (exact) mass is 178 g/mol. The maximum absolute atomic E-state index is 9.83. The van der Waals surface area contributed by atoms with Gasteiger partial charge in [-0.25, -0.2) is 0 Å². The average Bonchev–Trinajstić information content (AvgIpc) is 1.66. The first-order valence-corrected chi connectivity index (χ1v) is 4.17. The van der Waals surface area contributed by atoms with E-state index in [1.807, 2.05) is 0 Å². The van der Waals surface area contributed by atoms with E-state index in [9.17, 15) is 8.76 Å². The van der Waals surface area contributed by atoms with Gasteiger partial charge in [0.05, 0.1) is 0 Å². The molecule has 0 aromatic rings. The summed E-state index contributed by atoms with van der Waals surface area (Å²) in [7, 11) is 0. The van der Waals surface area contributed by atoms with Gasteiger partial charge < -0.3 is 4.55 Å². The van der Waals surface area contributed by atoms with Crippen LogP contribution in [0, 0.1) is 0 Å². The third-order valence-electron chi connectivity index (χ3n) is 0.695. The van der Waals surface area contributed by atoms with Crippen LogP contribution in [-0.4, -0.2) is 20.4 Å². The summed E-state index contributed by atoms with van der Waals surface area (Å²) in [6.07, 6.45) is 1.47. The smallest absolute Gasteiger partial charge is 0.772 e. The minimum absolute atomic E-state index is 0. The van der Waals surface area contributed by atoms with Crippen LogP contribution in [0.2, 0.25) is 0 Å². The molecular weight excluding hydrogens is 171 g/mol. The fraction of sp³-hybridized carbons (Fsp3) is 1.00. The Kier molecular flexibility index (Phi) is 13.6. The molecule has 0 spiro atoms. The van der Waals surface area contributed by atoms with Crippen LogP contribution >= 0.6 is 11.6 Å². The second-order valence-electron chi connectivity index (χ2n) is 1.40. The molecule has 0 fully saturated rings. The van der Waals surface area contributed by atoms with Crippen LogP contribution in [-0.2, 0) is 11.1 Å². The Bertz CT molecular complexity index is 81.0. The van der Waals surface area contributed by atoms with Gasteiger partial charge >= 0.3 is 29.6 Å². The molecule has 0 heterocycles. The molecule has 9 heavy (non-hydrogen) atoms. The van der Waals surface area contributed by atoms with Crippen molar-refractivity contribution in [3.8, 4) is 0 Å². The standard InChI is InChI=1S/C4H9ClO2S.Na/c5-3-1-2-4-8(6)7;/h1-4H2,(H,6,7);/q;+1/p-1. The van der Waals surface area contributed by atoms with Gasteiger partial charge in [-0.1, -0.05) is 11.1 Å². The zero-order valence-electron chi connectivity index (χ0n) is 5.43. The van der Waals surface area contributed by atoms with E-state index in [2.05, 4.69) is 0 Å². The van der Waals surface area contributed by atoms with Crippen LogP contribution in [0.15, 0.2) is 0 Å². The van der Waals surface area contributed by atoms with Crippen molar-refractivity contribution in [1.82, 2.24) is 0 Å². The summed E-state index contributed by atoms with van der Waals surface area (Å²) in [5.41, 5.74) is 0. The van der Waals surface area contributed by atoms with Crippen molar-refractivity contribution in [2.75, 3.05) is 11.6 Å². The zero-order valence-corrected chi connectivity index (χ0v) is 9.00.